The van der Waals surface area contributed by atoms with Gasteiger partial charge in [0.2, 0.25) is 0 Å². The van der Waals surface area contributed by atoms with Crippen LogP contribution < -0.4 is 10.2 Å². The highest BCUT2D eigenvalue weighted by atomic mass is 32.2. The highest BCUT2D eigenvalue weighted by Gasteiger charge is 2.36. The SMILES string of the molecule is N=C(C(=O)N1CCOCC1)C1=C(NC2CCCN(c3ccccc3)C2)c2ccccc2S(=O)(=O)C1. The Morgan fingerprint density at radius 3 is 2.49 bits per heavy atom. The molecule has 0 spiro atoms. The number of morpholine rings is 1. The Bertz CT molecular complexity index is 1250. The summed E-state index contributed by atoms with van der Waals surface area (Å²) in [6.07, 6.45) is 1.90. The first-order valence-corrected chi connectivity index (χ1v) is 13.7. The van der Waals surface area contributed by atoms with Gasteiger partial charge in [-0.2, -0.15) is 0 Å². The smallest absolute Gasteiger partial charge is 0.272 e. The third kappa shape index (κ3) is 4.83. The molecule has 0 radical (unpaired) electrons. The quantitative estimate of drug-likeness (QED) is 0.619. The molecule has 2 fully saturated rings. The van der Waals surface area contributed by atoms with Crippen LogP contribution in [0.4, 0.5) is 5.69 Å². The van der Waals surface area contributed by atoms with E-state index in [4.69, 9.17) is 10.1 Å². The molecule has 2 aromatic rings. The minimum atomic E-state index is -3.67. The third-order valence-corrected chi connectivity index (χ3v) is 8.53. The average Bonchev–Trinajstić information content (AvgIpc) is 2.90. The topological polar surface area (TPSA) is 103 Å². The Morgan fingerprint density at radius 2 is 1.71 bits per heavy atom. The number of nitrogens with zero attached hydrogens (tertiary/aromatic N) is 2. The number of nitrogens with one attached hydrogen (secondary N) is 2. The van der Waals surface area contributed by atoms with Crippen LogP contribution in [0.25, 0.3) is 5.70 Å². The number of piperidine rings is 1. The first-order chi connectivity index (χ1) is 16.9. The minimum absolute atomic E-state index is 0.0501. The summed E-state index contributed by atoms with van der Waals surface area (Å²) in [6, 6.07) is 17.1. The second kappa shape index (κ2) is 9.83. The Morgan fingerprint density at radius 1 is 1.00 bits per heavy atom. The molecule has 1 atom stereocenters. The molecule has 3 aliphatic heterocycles. The van der Waals surface area contributed by atoms with Crippen LogP contribution in [0.2, 0.25) is 0 Å². The molecule has 1 unspecified atom stereocenters. The maximum absolute atomic E-state index is 13.2. The number of ether oxygens (including phenoxy) is 1. The van der Waals surface area contributed by atoms with E-state index in [9.17, 15) is 13.2 Å². The zero-order valence-corrected chi connectivity index (χ0v) is 20.4. The van der Waals surface area contributed by atoms with Gasteiger partial charge in [0.1, 0.15) is 5.71 Å². The maximum atomic E-state index is 13.2. The summed E-state index contributed by atoms with van der Waals surface area (Å²) in [6.45, 7) is 3.33. The highest BCUT2D eigenvalue weighted by molar-refractivity contribution is 7.91. The summed E-state index contributed by atoms with van der Waals surface area (Å²) >= 11 is 0. The van der Waals surface area contributed by atoms with E-state index in [2.05, 4.69) is 22.3 Å². The van der Waals surface area contributed by atoms with E-state index in [1.165, 1.54) is 0 Å². The van der Waals surface area contributed by atoms with Crippen molar-refractivity contribution in [1.82, 2.24) is 10.2 Å². The molecule has 2 saturated heterocycles. The maximum Gasteiger partial charge on any atom is 0.272 e. The van der Waals surface area contributed by atoms with E-state index >= 15 is 0 Å². The number of hydrogen-bond acceptors (Lipinski definition) is 7. The van der Waals surface area contributed by atoms with E-state index < -0.39 is 15.7 Å². The summed E-state index contributed by atoms with van der Waals surface area (Å²) < 4.78 is 31.6. The van der Waals surface area contributed by atoms with Crippen LogP contribution in [-0.4, -0.2) is 76.1 Å². The van der Waals surface area contributed by atoms with Crippen molar-refractivity contribution in [2.75, 3.05) is 50.0 Å². The van der Waals surface area contributed by atoms with Gasteiger partial charge in [-0.3, -0.25) is 10.2 Å². The molecule has 35 heavy (non-hydrogen) atoms. The van der Waals surface area contributed by atoms with Gasteiger partial charge in [-0.05, 0) is 31.0 Å². The van der Waals surface area contributed by atoms with Crippen molar-refractivity contribution in [1.29, 1.82) is 5.41 Å². The lowest BCUT2D eigenvalue weighted by molar-refractivity contribution is -0.128. The standard InChI is InChI=1S/C26H30N4O4S/c27-24(26(31)29-13-15-34-16-14-29)22-18-35(32,33)23-11-5-4-10-21(23)25(22)28-19-7-6-12-30(17-19)20-8-2-1-3-9-20/h1-5,8-11,19,27-28H,6-7,12-18H2. The number of sulfone groups is 1. The summed E-state index contributed by atoms with van der Waals surface area (Å²) in [7, 11) is -3.67. The predicted molar refractivity (Wildman–Crippen MR) is 135 cm³/mol. The number of carbonyl (C=O) groups is 1. The average molecular weight is 495 g/mol. The van der Waals surface area contributed by atoms with Gasteiger partial charge in [0.25, 0.3) is 5.91 Å². The zero-order valence-electron chi connectivity index (χ0n) is 19.6. The van der Waals surface area contributed by atoms with Gasteiger partial charge < -0.3 is 19.9 Å². The van der Waals surface area contributed by atoms with Crippen LogP contribution in [0.15, 0.2) is 65.1 Å². The van der Waals surface area contributed by atoms with E-state index in [1.54, 1.807) is 29.2 Å². The van der Waals surface area contributed by atoms with Crippen molar-refractivity contribution in [3.05, 3.63) is 65.7 Å². The van der Waals surface area contributed by atoms with Gasteiger partial charge in [0.05, 0.1) is 23.9 Å². The molecular weight excluding hydrogens is 464 g/mol. The normalized spacial score (nSPS) is 21.9. The largest absolute Gasteiger partial charge is 0.380 e. The van der Waals surface area contributed by atoms with E-state index in [0.29, 0.717) is 37.6 Å². The van der Waals surface area contributed by atoms with Crippen LogP contribution in [0.3, 0.4) is 0 Å². The van der Waals surface area contributed by atoms with Gasteiger partial charge >= 0.3 is 0 Å². The van der Waals surface area contributed by atoms with Crippen molar-refractivity contribution in [3.63, 3.8) is 0 Å². The lowest BCUT2D eigenvalue weighted by Gasteiger charge is -2.37. The number of para-hydroxylation sites is 1. The summed E-state index contributed by atoms with van der Waals surface area (Å²) in [5, 5.41) is 12.3. The lowest BCUT2D eigenvalue weighted by atomic mass is 9.98. The predicted octanol–water partition coefficient (Wildman–Crippen LogP) is 2.32. The number of hydrogen-bond donors (Lipinski definition) is 2. The Labute approximate surface area is 206 Å². The third-order valence-electron chi connectivity index (χ3n) is 6.83. The summed E-state index contributed by atoms with van der Waals surface area (Å²) in [5.41, 5.74) is 2.25. The number of amides is 1. The number of benzene rings is 2. The molecule has 3 heterocycles. The van der Waals surface area contributed by atoms with Gasteiger partial charge in [-0.1, -0.05) is 36.4 Å². The molecule has 9 heteroatoms. The van der Waals surface area contributed by atoms with Crippen LogP contribution >= 0.6 is 0 Å². The second-order valence-corrected chi connectivity index (χ2v) is 11.1. The number of rotatable bonds is 5. The van der Waals surface area contributed by atoms with Gasteiger partial charge in [0, 0.05) is 54.7 Å². The Balaban J connectivity index is 1.49. The minimum Gasteiger partial charge on any atom is -0.380 e. The molecule has 0 aliphatic carbocycles. The molecule has 0 aromatic heterocycles. The van der Waals surface area contributed by atoms with Gasteiger partial charge in [-0.15, -0.1) is 0 Å². The highest BCUT2D eigenvalue weighted by Crippen LogP contribution is 2.34. The Hall–Kier alpha value is -3.17. The molecule has 0 saturated carbocycles. The van der Waals surface area contributed by atoms with Crippen molar-refractivity contribution < 1.29 is 17.9 Å². The fourth-order valence-electron chi connectivity index (χ4n) is 5.03. The van der Waals surface area contributed by atoms with Crippen molar-refractivity contribution >= 4 is 32.8 Å². The van der Waals surface area contributed by atoms with Crippen molar-refractivity contribution in [3.8, 4) is 0 Å². The first-order valence-electron chi connectivity index (χ1n) is 12.0. The monoisotopic (exact) mass is 494 g/mol. The first kappa shape index (κ1) is 23.6. The lowest BCUT2D eigenvalue weighted by Crippen LogP contribution is -2.48. The molecule has 1 amide bonds. The fraction of sp³-hybridized carbons (Fsp3) is 0.385. The van der Waals surface area contributed by atoms with Crippen molar-refractivity contribution in [2.45, 2.75) is 23.8 Å². The molecule has 184 valence electrons. The van der Waals surface area contributed by atoms with Crippen LogP contribution in [0.1, 0.15) is 18.4 Å². The number of fused-ring (bicyclic) bond motifs is 1. The van der Waals surface area contributed by atoms with Gasteiger partial charge in [0.15, 0.2) is 9.84 Å². The molecule has 5 rings (SSSR count). The van der Waals surface area contributed by atoms with Crippen LogP contribution in [0.5, 0.6) is 0 Å². The molecule has 0 bridgehead atoms. The van der Waals surface area contributed by atoms with E-state index in [0.717, 1.165) is 31.6 Å². The molecule has 3 aliphatic rings. The molecule has 2 aromatic carbocycles. The van der Waals surface area contributed by atoms with Crippen LogP contribution in [-0.2, 0) is 19.4 Å². The molecular formula is C26H30N4O4S. The van der Waals surface area contributed by atoms with Crippen LogP contribution in [0, 0.1) is 5.41 Å². The van der Waals surface area contributed by atoms with E-state index in [-0.39, 0.29) is 28.0 Å². The zero-order chi connectivity index (χ0) is 24.4. The van der Waals surface area contributed by atoms with E-state index in [1.807, 2.05) is 18.2 Å². The molecule has 8 nitrogen and oxygen atoms in total. The Kier molecular flexibility index (Phi) is 6.62. The summed E-state index contributed by atoms with van der Waals surface area (Å²) in [4.78, 5) is 17.3. The second-order valence-electron chi connectivity index (χ2n) is 9.15. The summed E-state index contributed by atoms with van der Waals surface area (Å²) in [5.74, 6) is -0.817. The molecule has 2 N–H and O–H groups in total. The van der Waals surface area contributed by atoms with Crippen molar-refractivity contribution in [2.24, 2.45) is 0 Å². The number of anilines is 1. The van der Waals surface area contributed by atoms with Gasteiger partial charge in [-0.25, -0.2) is 8.42 Å². The fourth-order valence-corrected chi connectivity index (χ4v) is 6.65. The number of carbonyl (C=O) groups excluding carboxylic acids is 1.